The Labute approximate surface area is 118 Å². The van der Waals surface area contributed by atoms with E-state index in [4.69, 9.17) is 0 Å². The zero-order chi connectivity index (χ0) is 14.5. The molecule has 2 rings (SSSR count). The summed E-state index contributed by atoms with van der Waals surface area (Å²) < 4.78 is 26.0. The van der Waals surface area contributed by atoms with Gasteiger partial charge in [0.05, 0.1) is 11.8 Å². The van der Waals surface area contributed by atoms with E-state index in [0.717, 1.165) is 12.1 Å². The topological polar surface area (TPSA) is 61.4 Å². The van der Waals surface area contributed by atoms with Gasteiger partial charge in [-0.3, -0.25) is 0 Å². The van der Waals surface area contributed by atoms with Crippen LogP contribution in [0.25, 0.3) is 0 Å². The number of amides is 2. The van der Waals surface area contributed by atoms with Crippen molar-refractivity contribution in [2.45, 2.75) is 6.10 Å². The number of urea groups is 1. The van der Waals surface area contributed by atoms with Crippen molar-refractivity contribution < 1.29 is 18.7 Å². The molecule has 3 N–H and O–H groups in total. The number of halogens is 2. The zero-order valence-corrected chi connectivity index (χ0v) is 11.1. The minimum atomic E-state index is -0.862. The summed E-state index contributed by atoms with van der Waals surface area (Å²) in [6.45, 7) is -0.00855. The summed E-state index contributed by atoms with van der Waals surface area (Å²) in [5, 5.41) is 18.0. The first-order valence-corrected chi connectivity index (χ1v) is 6.70. The molecule has 1 aromatic heterocycles. The number of nitrogens with one attached hydrogen (secondary N) is 2. The Morgan fingerprint density at radius 2 is 2.15 bits per heavy atom. The van der Waals surface area contributed by atoms with Crippen LogP contribution in [-0.2, 0) is 0 Å². The number of thiophene rings is 1. The van der Waals surface area contributed by atoms with Gasteiger partial charge in [-0.2, -0.15) is 11.3 Å². The third-order valence-corrected chi connectivity index (χ3v) is 3.26. The Kier molecular flexibility index (Phi) is 4.65. The van der Waals surface area contributed by atoms with Gasteiger partial charge >= 0.3 is 6.03 Å². The van der Waals surface area contributed by atoms with Crippen molar-refractivity contribution in [1.29, 1.82) is 0 Å². The van der Waals surface area contributed by atoms with Crippen molar-refractivity contribution in [2.75, 3.05) is 11.9 Å². The zero-order valence-electron chi connectivity index (χ0n) is 10.3. The summed E-state index contributed by atoms with van der Waals surface area (Å²) in [5.41, 5.74) is 0.567. The number of hydrogen-bond acceptors (Lipinski definition) is 3. The number of carbonyl (C=O) groups excluding carboxylic acids is 1. The lowest BCUT2D eigenvalue weighted by molar-refractivity contribution is 0.175. The molecular weight excluding hydrogens is 286 g/mol. The largest absolute Gasteiger partial charge is 0.387 e. The molecule has 1 heterocycles. The lowest BCUT2D eigenvalue weighted by Gasteiger charge is -2.12. The van der Waals surface area contributed by atoms with Crippen LogP contribution in [0.1, 0.15) is 11.7 Å². The monoisotopic (exact) mass is 298 g/mol. The molecule has 0 spiro atoms. The summed E-state index contributed by atoms with van der Waals surface area (Å²) in [5.74, 6) is -1.58. The third-order valence-electron chi connectivity index (χ3n) is 2.56. The summed E-state index contributed by atoms with van der Waals surface area (Å²) in [6.07, 6.45) is -0.829. The van der Waals surface area contributed by atoms with Crippen LogP contribution >= 0.6 is 11.3 Å². The highest BCUT2D eigenvalue weighted by atomic mass is 32.1. The SMILES string of the molecule is O=C(NCC(O)c1ccsc1)Nc1ccc(F)cc1F. The van der Waals surface area contributed by atoms with Crippen LogP contribution in [0.4, 0.5) is 19.3 Å². The molecular formula is C13H12F2N2O2S. The smallest absolute Gasteiger partial charge is 0.319 e. The van der Waals surface area contributed by atoms with E-state index in [1.165, 1.54) is 11.3 Å². The third kappa shape index (κ3) is 3.75. The Morgan fingerprint density at radius 1 is 1.35 bits per heavy atom. The highest BCUT2D eigenvalue weighted by Crippen LogP contribution is 2.16. The molecule has 0 saturated carbocycles. The maximum Gasteiger partial charge on any atom is 0.319 e. The second-order valence-corrected chi connectivity index (χ2v) is 4.81. The molecule has 1 unspecified atom stereocenters. The van der Waals surface area contributed by atoms with Gasteiger partial charge in [-0.05, 0) is 34.5 Å². The molecule has 2 aromatic rings. The van der Waals surface area contributed by atoms with E-state index in [2.05, 4.69) is 10.6 Å². The van der Waals surface area contributed by atoms with Crippen LogP contribution in [-0.4, -0.2) is 17.7 Å². The molecule has 0 aliphatic carbocycles. The maximum atomic E-state index is 13.3. The number of benzene rings is 1. The first kappa shape index (κ1) is 14.4. The molecule has 106 valence electrons. The average molecular weight is 298 g/mol. The lowest BCUT2D eigenvalue weighted by atomic mass is 10.2. The molecule has 1 atom stereocenters. The highest BCUT2D eigenvalue weighted by Gasteiger charge is 2.11. The highest BCUT2D eigenvalue weighted by molar-refractivity contribution is 7.07. The summed E-state index contributed by atoms with van der Waals surface area (Å²) in [7, 11) is 0. The Balaban J connectivity index is 1.86. The predicted molar refractivity (Wildman–Crippen MR) is 72.7 cm³/mol. The first-order valence-electron chi connectivity index (χ1n) is 5.76. The van der Waals surface area contributed by atoms with E-state index in [0.29, 0.717) is 11.6 Å². The van der Waals surface area contributed by atoms with E-state index >= 15 is 0 Å². The minimum Gasteiger partial charge on any atom is -0.387 e. The average Bonchev–Trinajstić information content (AvgIpc) is 2.93. The molecule has 2 amide bonds. The second-order valence-electron chi connectivity index (χ2n) is 4.03. The van der Waals surface area contributed by atoms with Gasteiger partial charge in [0.2, 0.25) is 0 Å². The molecule has 0 fully saturated rings. The van der Waals surface area contributed by atoms with Gasteiger partial charge < -0.3 is 15.7 Å². The van der Waals surface area contributed by atoms with Crippen LogP contribution in [0.5, 0.6) is 0 Å². The number of aliphatic hydroxyl groups is 1. The van der Waals surface area contributed by atoms with Crippen LogP contribution in [0.15, 0.2) is 35.0 Å². The molecule has 0 aliphatic rings. The number of hydrogen-bond donors (Lipinski definition) is 3. The number of aliphatic hydroxyl groups excluding tert-OH is 1. The van der Waals surface area contributed by atoms with Crippen molar-refractivity contribution in [3.63, 3.8) is 0 Å². The quantitative estimate of drug-likeness (QED) is 0.813. The number of carbonyl (C=O) groups is 1. The molecule has 0 saturated heterocycles. The number of anilines is 1. The first-order chi connectivity index (χ1) is 9.56. The van der Waals surface area contributed by atoms with E-state index in [1.807, 2.05) is 5.38 Å². The van der Waals surface area contributed by atoms with Crippen LogP contribution in [0, 0.1) is 11.6 Å². The Bertz CT molecular complexity index is 590. The fourth-order valence-electron chi connectivity index (χ4n) is 1.53. The second kappa shape index (κ2) is 6.44. The van der Waals surface area contributed by atoms with Crippen molar-refractivity contribution in [3.05, 3.63) is 52.2 Å². The molecule has 1 aromatic carbocycles. The van der Waals surface area contributed by atoms with Gasteiger partial charge in [-0.15, -0.1) is 0 Å². The molecule has 0 bridgehead atoms. The van der Waals surface area contributed by atoms with Crippen LogP contribution < -0.4 is 10.6 Å². The summed E-state index contributed by atoms with van der Waals surface area (Å²) >= 11 is 1.43. The fourth-order valence-corrected chi connectivity index (χ4v) is 2.24. The normalized spacial score (nSPS) is 11.9. The summed E-state index contributed by atoms with van der Waals surface area (Å²) in [4.78, 5) is 11.5. The van der Waals surface area contributed by atoms with Gasteiger partial charge in [0.1, 0.15) is 11.6 Å². The van der Waals surface area contributed by atoms with Crippen molar-refractivity contribution in [2.24, 2.45) is 0 Å². The van der Waals surface area contributed by atoms with Gasteiger partial charge in [-0.25, -0.2) is 13.6 Å². The van der Waals surface area contributed by atoms with Gasteiger partial charge in [0.25, 0.3) is 0 Å². The van der Waals surface area contributed by atoms with Crippen LogP contribution in [0.2, 0.25) is 0 Å². The fraction of sp³-hybridized carbons (Fsp3) is 0.154. The predicted octanol–water partition coefficient (Wildman–Crippen LogP) is 2.88. The van der Waals surface area contributed by atoms with Crippen molar-refractivity contribution in [1.82, 2.24) is 5.32 Å². The Hall–Kier alpha value is -1.99. The van der Waals surface area contributed by atoms with E-state index < -0.39 is 23.8 Å². The molecule has 7 heteroatoms. The van der Waals surface area contributed by atoms with E-state index in [-0.39, 0.29) is 12.2 Å². The molecule has 4 nitrogen and oxygen atoms in total. The van der Waals surface area contributed by atoms with Crippen LogP contribution in [0.3, 0.4) is 0 Å². The minimum absolute atomic E-state index is 0.00855. The standard InChI is InChI=1S/C13H12F2N2O2S/c14-9-1-2-11(10(15)5-9)17-13(19)16-6-12(18)8-3-4-20-7-8/h1-5,7,12,18H,6H2,(H2,16,17,19). The van der Waals surface area contributed by atoms with Crippen molar-refractivity contribution in [3.8, 4) is 0 Å². The van der Waals surface area contributed by atoms with Crippen molar-refractivity contribution >= 4 is 23.1 Å². The number of rotatable bonds is 4. The van der Waals surface area contributed by atoms with Gasteiger partial charge in [0, 0.05) is 12.6 Å². The van der Waals surface area contributed by atoms with Gasteiger partial charge in [-0.1, -0.05) is 0 Å². The summed E-state index contributed by atoms with van der Waals surface area (Å²) in [6, 6.07) is 3.91. The molecule has 20 heavy (non-hydrogen) atoms. The lowest BCUT2D eigenvalue weighted by Crippen LogP contribution is -2.32. The Morgan fingerprint density at radius 3 is 2.80 bits per heavy atom. The maximum absolute atomic E-state index is 13.3. The van der Waals surface area contributed by atoms with E-state index in [1.54, 1.807) is 11.4 Å². The van der Waals surface area contributed by atoms with Gasteiger partial charge in [0.15, 0.2) is 0 Å². The molecule has 0 aliphatic heterocycles. The van der Waals surface area contributed by atoms with E-state index in [9.17, 15) is 18.7 Å². The molecule has 0 radical (unpaired) electrons.